The Bertz CT molecular complexity index is 1320. The summed E-state index contributed by atoms with van der Waals surface area (Å²) in [6, 6.07) is 11.0. The average Bonchev–Trinajstić information content (AvgIpc) is 3.38. The number of carbonyl (C=O) groups is 2. The molecule has 170 valence electrons. The molecule has 0 fully saturated rings. The Kier molecular flexibility index (Phi) is 7.86. The Hall–Kier alpha value is -2.18. The van der Waals surface area contributed by atoms with Crippen LogP contribution in [0.1, 0.15) is 10.6 Å². The molecule has 0 aliphatic rings. The highest BCUT2D eigenvalue weighted by Gasteiger charge is 2.12. The Morgan fingerprint density at radius 1 is 0.939 bits per heavy atom. The van der Waals surface area contributed by atoms with Gasteiger partial charge < -0.3 is 10.6 Å². The second kappa shape index (κ2) is 10.8. The summed E-state index contributed by atoms with van der Waals surface area (Å²) < 4.78 is 2.50. The lowest BCUT2D eigenvalue weighted by molar-refractivity contribution is -0.114. The van der Waals surface area contributed by atoms with Crippen molar-refractivity contribution in [3.63, 3.8) is 0 Å². The van der Waals surface area contributed by atoms with Crippen LogP contribution in [-0.2, 0) is 9.59 Å². The van der Waals surface area contributed by atoms with Crippen LogP contribution in [-0.4, -0.2) is 38.5 Å². The first kappa shape index (κ1) is 24.0. The van der Waals surface area contributed by atoms with Crippen LogP contribution >= 0.6 is 57.8 Å². The molecule has 12 heteroatoms. The maximum absolute atomic E-state index is 12.3. The molecule has 4 rings (SSSR count). The van der Waals surface area contributed by atoms with Crippen LogP contribution in [0, 0.1) is 13.8 Å². The van der Waals surface area contributed by atoms with E-state index in [1.165, 1.54) is 46.2 Å². The number of thioether (sulfide) groups is 2. The zero-order chi connectivity index (χ0) is 23.4. The van der Waals surface area contributed by atoms with Gasteiger partial charge in [-0.3, -0.25) is 9.59 Å². The van der Waals surface area contributed by atoms with Gasteiger partial charge in [0.05, 0.1) is 21.7 Å². The number of nitrogens with one attached hydrogen (secondary N) is 2. The summed E-state index contributed by atoms with van der Waals surface area (Å²) in [5.41, 5.74) is 3.18. The Morgan fingerprint density at radius 2 is 1.70 bits per heavy atom. The van der Waals surface area contributed by atoms with Crippen LogP contribution in [0.4, 0.5) is 11.4 Å². The number of halogens is 1. The normalized spacial score (nSPS) is 11.0. The van der Waals surface area contributed by atoms with E-state index in [0.29, 0.717) is 16.4 Å². The van der Waals surface area contributed by atoms with E-state index >= 15 is 0 Å². The van der Waals surface area contributed by atoms with E-state index in [1.54, 1.807) is 12.1 Å². The fourth-order valence-electron chi connectivity index (χ4n) is 2.75. The number of thiazole rings is 1. The van der Waals surface area contributed by atoms with E-state index in [0.717, 1.165) is 29.5 Å². The topological polar surface area (TPSA) is 96.9 Å². The van der Waals surface area contributed by atoms with Crippen LogP contribution in [0.15, 0.2) is 45.1 Å². The fraction of sp³-hybridized carbons (Fsp3) is 0.190. The number of aromatic nitrogens is 3. The molecule has 0 radical (unpaired) electrons. The predicted molar refractivity (Wildman–Crippen MR) is 139 cm³/mol. The number of hydrogen-bond donors (Lipinski definition) is 2. The summed E-state index contributed by atoms with van der Waals surface area (Å²) in [7, 11) is 0. The lowest BCUT2D eigenvalue weighted by atomic mass is 10.2. The van der Waals surface area contributed by atoms with E-state index in [9.17, 15) is 9.59 Å². The summed E-state index contributed by atoms with van der Waals surface area (Å²) >= 11 is 11.7. The van der Waals surface area contributed by atoms with Crippen LogP contribution in [0.25, 0.3) is 10.2 Å². The lowest BCUT2D eigenvalue weighted by Gasteiger charge is -2.08. The van der Waals surface area contributed by atoms with E-state index in [4.69, 9.17) is 11.6 Å². The van der Waals surface area contributed by atoms with E-state index in [1.807, 2.05) is 38.1 Å². The Balaban J connectivity index is 1.32. The number of amides is 2. The van der Waals surface area contributed by atoms with Gasteiger partial charge in [0.1, 0.15) is 5.01 Å². The van der Waals surface area contributed by atoms with E-state index < -0.39 is 0 Å². The Morgan fingerprint density at radius 3 is 2.45 bits per heavy atom. The van der Waals surface area contributed by atoms with Crippen LogP contribution in [0.3, 0.4) is 0 Å². The van der Waals surface area contributed by atoms with Crippen molar-refractivity contribution in [2.45, 2.75) is 22.5 Å². The third-order valence-electron chi connectivity index (χ3n) is 4.29. The molecule has 7 nitrogen and oxygen atoms in total. The highest BCUT2D eigenvalue weighted by atomic mass is 35.5. The van der Waals surface area contributed by atoms with Crippen molar-refractivity contribution < 1.29 is 9.59 Å². The predicted octanol–water partition coefficient (Wildman–Crippen LogP) is 5.88. The fourth-order valence-corrected chi connectivity index (χ4v) is 6.44. The van der Waals surface area contributed by atoms with Crippen molar-refractivity contribution in [3.8, 4) is 0 Å². The summed E-state index contributed by atoms with van der Waals surface area (Å²) in [4.78, 5) is 29.2. The van der Waals surface area contributed by atoms with Crippen LogP contribution in [0.5, 0.6) is 0 Å². The smallest absolute Gasteiger partial charge is 0.234 e. The molecule has 0 spiro atoms. The minimum absolute atomic E-state index is 0.112. The zero-order valence-electron chi connectivity index (χ0n) is 17.5. The van der Waals surface area contributed by atoms with E-state index in [-0.39, 0.29) is 23.3 Å². The van der Waals surface area contributed by atoms with Gasteiger partial charge in [0, 0.05) is 16.4 Å². The van der Waals surface area contributed by atoms with Crippen molar-refractivity contribution in [3.05, 3.63) is 52.0 Å². The number of anilines is 2. The highest BCUT2D eigenvalue weighted by Crippen LogP contribution is 2.32. The van der Waals surface area contributed by atoms with Crippen molar-refractivity contribution in [2.24, 2.45) is 0 Å². The van der Waals surface area contributed by atoms with Gasteiger partial charge in [0.25, 0.3) is 0 Å². The van der Waals surface area contributed by atoms with E-state index in [2.05, 4.69) is 25.8 Å². The number of aryl methyl sites for hydroxylation is 2. The van der Waals surface area contributed by atoms with Gasteiger partial charge in [-0.2, -0.15) is 0 Å². The molecule has 0 saturated heterocycles. The van der Waals surface area contributed by atoms with Crippen molar-refractivity contribution in [1.29, 1.82) is 0 Å². The second-order valence-corrected chi connectivity index (χ2v) is 12.0. The second-order valence-electron chi connectivity index (χ2n) is 6.88. The molecular weight excluding hydrogens is 518 g/mol. The van der Waals surface area contributed by atoms with Gasteiger partial charge in [-0.1, -0.05) is 52.5 Å². The quantitative estimate of drug-likeness (QED) is 0.272. The highest BCUT2D eigenvalue weighted by molar-refractivity contribution is 8.02. The molecule has 4 aromatic rings. The largest absolute Gasteiger partial charge is 0.325 e. The van der Waals surface area contributed by atoms with Gasteiger partial charge >= 0.3 is 0 Å². The molecule has 2 heterocycles. The summed E-state index contributed by atoms with van der Waals surface area (Å²) in [6.07, 6.45) is 0. The maximum atomic E-state index is 12.3. The first-order valence-electron chi connectivity index (χ1n) is 9.68. The molecule has 0 aliphatic heterocycles. The molecule has 2 aromatic heterocycles. The number of nitrogens with zero attached hydrogens (tertiary/aromatic N) is 3. The van der Waals surface area contributed by atoms with Crippen LogP contribution in [0.2, 0.25) is 5.02 Å². The molecule has 2 N–H and O–H groups in total. The molecule has 0 unspecified atom stereocenters. The first-order chi connectivity index (χ1) is 15.9. The molecule has 2 aromatic carbocycles. The SMILES string of the molecule is Cc1nnc(SCC(=O)Nc2ccc3nc(SCC(=O)Nc4cc(Cl)ccc4C)sc3c2)s1. The minimum atomic E-state index is -0.124. The number of hydrogen-bond acceptors (Lipinski definition) is 9. The number of carbonyl (C=O) groups excluding carboxylic acids is 2. The minimum Gasteiger partial charge on any atom is -0.325 e. The number of benzene rings is 2. The van der Waals surface area contributed by atoms with Gasteiger partial charge in [0.2, 0.25) is 11.8 Å². The number of rotatable bonds is 8. The summed E-state index contributed by atoms with van der Waals surface area (Å²) in [6.45, 7) is 3.80. The lowest BCUT2D eigenvalue weighted by Crippen LogP contribution is -2.14. The van der Waals surface area contributed by atoms with Crippen molar-refractivity contribution in [1.82, 2.24) is 15.2 Å². The van der Waals surface area contributed by atoms with Crippen LogP contribution < -0.4 is 10.6 Å². The molecule has 0 saturated carbocycles. The molecule has 0 aliphatic carbocycles. The molecule has 0 bridgehead atoms. The molecular formula is C21H18ClN5O2S4. The van der Waals surface area contributed by atoms with Gasteiger partial charge in [-0.15, -0.1) is 21.5 Å². The van der Waals surface area contributed by atoms with Gasteiger partial charge in [-0.05, 0) is 49.7 Å². The average molecular weight is 536 g/mol. The third kappa shape index (κ3) is 6.67. The maximum Gasteiger partial charge on any atom is 0.234 e. The number of fused-ring (bicyclic) bond motifs is 1. The van der Waals surface area contributed by atoms with Crippen molar-refractivity contribution in [2.75, 3.05) is 22.1 Å². The Labute approximate surface area is 211 Å². The first-order valence-corrected chi connectivity index (χ1v) is 13.7. The van der Waals surface area contributed by atoms with Gasteiger partial charge in [0.15, 0.2) is 8.68 Å². The summed E-state index contributed by atoms with van der Waals surface area (Å²) in [5, 5.41) is 15.2. The van der Waals surface area contributed by atoms with Gasteiger partial charge in [-0.25, -0.2) is 4.98 Å². The molecule has 33 heavy (non-hydrogen) atoms. The zero-order valence-corrected chi connectivity index (χ0v) is 21.6. The monoisotopic (exact) mass is 535 g/mol. The third-order valence-corrected chi connectivity index (χ3v) is 8.66. The summed E-state index contributed by atoms with van der Waals surface area (Å²) in [5.74, 6) is 0.259. The molecule has 0 atom stereocenters. The molecule has 2 amide bonds. The van der Waals surface area contributed by atoms with Crippen molar-refractivity contribution >= 4 is 91.2 Å². The standard InChI is InChI=1S/C21H18ClN5O2S4/c1-11-3-4-13(22)7-16(11)24-19(29)10-30-20-25-15-6-5-14(8-17(15)33-20)23-18(28)9-31-21-27-26-12(2)32-21/h3-8H,9-10H2,1-2H3,(H,23,28)(H,24,29).